The summed E-state index contributed by atoms with van der Waals surface area (Å²) in [6.07, 6.45) is 0. The fourth-order valence-electron chi connectivity index (χ4n) is 4.16. The first kappa shape index (κ1) is 24.0. The highest BCUT2D eigenvalue weighted by Crippen LogP contribution is 2.43. The number of aryl methyl sites for hydroxylation is 2. The molecule has 178 valence electrons. The van der Waals surface area contributed by atoms with Crippen LogP contribution in [-0.4, -0.2) is 21.6 Å². The van der Waals surface area contributed by atoms with E-state index in [2.05, 4.69) is 26.3 Å². The van der Waals surface area contributed by atoms with Gasteiger partial charge in [0, 0.05) is 42.5 Å². The molecule has 0 radical (unpaired) electrons. The summed E-state index contributed by atoms with van der Waals surface area (Å²) in [7, 11) is 1.79. The van der Waals surface area contributed by atoms with Crippen LogP contribution >= 0.6 is 15.9 Å². The molecular weight excluding hydrogens is 513 g/mol. The third kappa shape index (κ3) is 4.00. The summed E-state index contributed by atoms with van der Waals surface area (Å²) in [6.45, 7) is 5.27. The number of hydrogen-bond acceptors (Lipinski definition) is 3. The van der Waals surface area contributed by atoms with Crippen molar-refractivity contribution in [1.29, 1.82) is 0 Å². The zero-order chi connectivity index (χ0) is 24.9. The predicted octanol–water partition coefficient (Wildman–Crippen LogP) is 4.66. The van der Waals surface area contributed by atoms with Crippen molar-refractivity contribution in [2.24, 2.45) is 7.05 Å². The van der Waals surface area contributed by atoms with Gasteiger partial charge in [0.2, 0.25) is 5.91 Å². The van der Waals surface area contributed by atoms with Crippen molar-refractivity contribution in [2.45, 2.75) is 39.3 Å². The summed E-state index contributed by atoms with van der Waals surface area (Å²) in [5.41, 5.74) is 1.91. The van der Waals surface area contributed by atoms with Gasteiger partial charge in [-0.3, -0.25) is 14.3 Å². The van der Waals surface area contributed by atoms with Crippen LogP contribution in [0.4, 0.5) is 18.9 Å². The van der Waals surface area contributed by atoms with Crippen molar-refractivity contribution < 1.29 is 22.8 Å². The van der Waals surface area contributed by atoms with Crippen molar-refractivity contribution in [1.82, 2.24) is 15.1 Å². The molecule has 0 unspecified atom stereocenters. The third-order valence-corrected chi connectivity index (χ3v) is 7.14. The summed E-state index contributed by atoms with van der Waals surface area (Å²) < 4.78 is 43.4. The highest BCUT2D eigenvalue weighted by atomic mass is 79.9. The van der Waals surface area contributed by atoms with Gasteiger partial charge >= 0.3 is 0 Å². The maximum Gasteiger partial charge on any atom is 0.251 e. The minimum Gasteiger partial charge on any atom is -0.348 e. The minimum atomic E-state index is -1.08. The number of anilines is 1. The van der Waals surface area contributed by atoms with Gasteiger partial charge in [-0.15, -0.1) is 0 Å². The lowest BCUT2D eigenvalue weighted by Crippen LogP contribution is -2.36. The van der Waals surface area contributed by atoms with Gasteiger partial charge in [0.25, 0.3) is 5.91 Å². The van der Waals surface area contributed by atoms with E-state index in [1.807, 2.05) is 20.8 Å². The van der Waals surface area contributed by atoms with Crippen LogP contribution in [0.3, 0.4) is 0 Å². The lowest BCUT2D eigenvalue weighted by atomic mass is 9.86. The molecule has 2 heterocycles. The lowest BCUT2D eigenvalue weighted by molar-refractivity contribution is -0.122. The Labute approximate surface area is 202 Å². The number of carbonyl (C=O) groups excluding carboxylic acids is 2. The Balaban J connectivity index is 1.63. The van der Waals surface area contributed by atoms with Crippen molar-refractivity contribution >= 4 is 33.4 Å². The van der Waals surface area contributed by atoms with E-state index in [1.165, 1.54) is 0 Å². The molecule has 4 rings (SSSR count). The molecule has 2 amide bonds. The largest absolute Gasteiger partial charge is 0.348 e. The highest BCUT2D eigenvalue weighted by Gasteiger charge is 2.44. The van der Waals surface area contributed by atoms with Crippen LogP contribution in [0.2, 0.25) is 0 Å². The molecule has 0 spiro atoms. The Bertz CT molecular complexity index is 1310. The summed E-state index contributed by atoms with van der Waals surface area (Å²) in [4.78, 5) is 27.7. The molecule has 1 aliphatic rings. The third-order valence-electron chi connectivity index (χ3n) is 6.10. The molecule has 34 heavy (non-hydrogen) atoms. The summed E-state index contributed by atoms with van der Waals surface area (Å²) in [5.74, 6) is -3.90. The number of hydrogen-bond donors (Lipinski definition) is 1. The maximum absolute atomic E-state index is 13.9. The van der Waals surface area contributed by atoms with E-state index in [0.717, 1.165) is 21.4 Å². The molecule has 1 N–H and O–H groups in total. The average Bonchev–Trinajstić information content (AvgIpc) is 3.11. The van der Waals surface area contributed by atoms with Crippen LogP contribution in [0.1, 0.15) is 46.7 Å². The molecule has 0 saturated carbocycles. The zero-order valence-electron chi connectivity index (χ0n) is 19.0. The van der Waals surface area contributed by atoms with Gasteiger partial charge in [-0.05, 0) is 54.4 Å². The molecule has 6 nitrogen and oxygen atoms in total. The number of nitrogens with one attached hydrogen (secondary N) is 1. The fraction of sp³-hybridized carbons (Fsp3) is 0.292. The number of carbonyl (C=O) groups is 2. The molecule has 1 aliphatic heterocycles. The van der Waals surface area contributed by atoms with Crippen molar-refractivity contribution in [2.75, 3.05) is 4.90 Å². The normalized spacial score (nSPS) is 14.5. The summed E-state index contributed by atoms with van der Waals surface area (Å²) in [5, 5.41) is 6.83. The Morgan fingerprint density at radius 3 is 2.38 bits per heavy atom. The molecule has 0 fully saturated rings. The Hall–Kier alpha value is -3.14. The average molecular weight is 535 g/mol. The van der Waals surface area contributed by atoms with Gasteiger partial charge in [-0.1, -0.05) is 6.07 Å². The molecule has 3 aromatic rings. The Morgan fingerprint density at radius 1 is 1.15 bits per heavy atom. The van der Waals surface area contributed by atoms with Crippen molar-refractivity contribution in [3.05, 3.63) is 80.3 Å². The highest BCUT2D eigenvalue weighted by molar-refractivity contribution is 9.10. The van der Waals surface area contributed by atoms with Crippen LogP contribution in [0.25, 0.3) is 0 Å². The number of fused-ring (bicyclic) bond motifs is 1. The van der Waals surface area contributed by atoms with Gasteiger partial charge in [0.15, 0.2) is 0 Å². The van der Waals surface area contributed by atoms with E-state index < -0.39 is 40.9 Å². The summed E-state index contributed by atoms with van der Waals surface area (Å²) in [6, 6.07) is 5.98. The van der Waals surface area contributed by atoms with Crippen LogP contribution in [0.5, 0.6) is 0 Å². The lowest BCUT2D eigenvalue weighted by Gasteiger charge is -2.21. The van der Waals surface area contributed by atoms with Crippen LogP contribution in [0, 0.1) is 24.4 Å². The molecular formula is C24H22BrF3N4O2. The van der Waals surface area contributed by atoms with Crippen molar-refractivity contribution in [3.8, 4) is 0 Å². The van der Waals surface area contributed by atoms with Crippen LogP contribution in [0.15, 0.2) is 34.8 Å². The second kappa shape index (κ2) is 8.57. The smallest absolute Gasteiger partial charge is 0.251 e. The number of halogens is 4. The van der Waals surface area contributed by atoms with E-state index in [4.69, 9.17) is 0 Å². The van der Waals surface area contributed by atoms with Gasteiger partial charge in [-0.2, -0.15) is 5.10 Å². The standard InChI is InChI=1S/C24H22BrF3N4O2/c1-12-21(25)20(31(4)30-12)11-32-19-7-13(5-6-16(19)24(2,3)23(32)34)22(33)29-10-15-17(27)8-14(26)9-18(15)28/h5-9H,10-11H2,1-4H3,(H,29,33). The maximum atomic E-state index is 13.9. The summed E-state index contributed by atoms with van der Waals surface area (Å²) >= 11 is 3.52. The quantitative estimate of drug-likeness (QED) is 0.517. The van der Waals surface area contributed by atoms with Gasteiger partial charge < -0.3 is 10.2 Å². The fourth-order valence-corrected chi connectivity index (χ4v) is 4.62. The van der Waals surface area contributed by atoms with Crippen LogP contribution < -0.4 is 10.2 Å². The van der Waals surface area contributed by atoms with Gasteiger partial charge in [-0.25, -0.2) is 13.2 Å². The second-order valence-electron chi connectivity index (χ2n) is 8.75. The van der Waals surface area contributed by atoms with E-state index in [0.29, 0.717) is 17.8 Å². The molecule has 1 aromatic heterocycles. The van der Waals surface area contributed by atoms with Gasteiger partial charge in [0.1, 0.15) is 17.5 Å². The Kier molecular flexibility index (Phi) is 6.05. The molecule has 2 aromatic carbocycles. The number of aromatic nitrogens is 2. The molecule has 0 atom stereocenters. The molecule has 0 bridgehead atoms. The Morgan fingerprint density at radius 2 is 1.79 bits per heavy atom. The number of rotatable bonds is 5. The molecule has 10 heteroatoms. The number of nitrogens with zero attached hydrogens (tertiary/aromatic N) is 3. The zero-order valence-corrected chi connectivity index (χ0v) is 20.6. The minimum absolute atomic E-state index is 0.124. The second-order valence-corrected chi connectivity index (χ2v) is 9.54. The number of benzene rings is 2. The first-order valence-electron chi connectivity index (χ1n) is 10.5. The SMILES string of the molecule is Cc1nn(C)c(CN2C(=O)C(C)(C)c3ccc(C(=O)NCc4c(F)cc(F)cc4F)cc32)c1Br. The first-order valence-corrected chi connectivity index (χ1v) is 11.3. The predicted molar refractivity (Wildman–Crippen MR) is 124 cm³/mol. The monoisotopic (exact) mass is 534 g/mol. The topological polar surface area (TPSA) is 67.2 Å². The molecule has 0 aliphatic carbocycles. The van der Waals surface area contributed by atoms with E-state index >= 15 is 0 Å². The van der Waals surface area contributed by atoms with E-state index in [1.54, 1.807) is 34.8 Å². The first-order chi connectivity index (χ1) is 15.9. The van der Waals surface area contributed by atoms with Crippen LogP contribution in [-0.2, 0) is 30.3 Å². The van der Waals surface area contributed by atoms with E-state index in [-0.39, 0.29) is 18.0 Å². The molecule has 0 saturated heterocycles. The van der Waals surface area contributed by atoms with E-state index in [9.17, 15) is 22.8 Å². The van der Waals surface area contributed by atoms with Crippen molar-refractivity contribution in [3.63, 3.8) is 0 Å². The number of amides is 2. The van der Waals surface area contributed by atoms with Gasteiger partial charge in [0.05, 0.1) is 27.8 Å².